The summed E-state index contributed by atoms with van der Waals surface area (Å²) in [6.07, 6.45) is 2.71. The number of carbonyl (C=O) groups excluding carboxylic acids is 1. The molecule has 1 saturated heterocycles. The molecule has 1 heterocycles. The van der Waals surface area contributed by atoms with E-state index >= 15 is 0 Å². The summed E-state index contributed by atoms with van der Waals surface area (Å²) in [6, 6.07) is 7.66. The average Bonchev–Trinajstić information content (AvgIpc) is 2.48. The minimum absolute atomic E-state index is 0. The predicted octanol–water partition coefficient (Wildman–Crippen LogP) is 2.98. The molecule has 118 valence electrons. The van der Waals surface area contributed by atoms with Gasteiger partial charge in [0.05, 0.1) is 0 Å². The first-order valence-corrected chi connectivity index (χ1v) is 7.84. The third-order valence-electron chi connectivity index (χ3n) is 3.66. The van der Waals surface area contributed by atoms with Crippen molar-refractivity contribution in [2.75, 3.05) is 13.1 Å². The van der Waals surface area contributed by atoms with E-state index in [1.165, 1.54) is 0 Å². The largest absolute Gasteiger partial charge is 0.481 e. The molecular weight excluding hydrogens is 356 g/mol. The van der Waals surface area contributed by atoms with Crippen LogP contribution in [0.2, 0.25) is 0 Å². The summed E-state index contributed by atoms with van der Waals surface area (Å²) in [6.45, 7) is 3.11. The lowest BCUT2D eigenvalue weighted by atomic mass is 10.0. The van der Waals surface area contributed by atoms with Gasteiger partial charge in [-0.15, -0.1) is 12.4 Å². The summed E-state index contributed by atoms with van der Waals surface area (Å²) >= 11 is 3.38. The summed E-state index contributed by atoms with van der Waals surface area (Å²) in [7, 11) is 0. The lowest BCUT2D eigenvalue weighted by Gasteiger charge is -2.36. The van der Waals surface area contributed by atoms with Crippen molar-refractivity contribution < 1.29 is 9.53 Å². The number of likely N-dealkylation sites (tertiary alicyclic amines) is 1. The van der Waals surface area contributed by atoms with Crippen molar-refractivity contribution in [1.29, 1.82) is 0 Å². The topological polar surface area (TPSA) is 55.6 Å². The fraction of sp³-hybridized carbons (Fsp3) is 0.533. The van der Waals surface area contributed by atoms with Crippen LogP contribution in [0.25, 0.3) is 0 Å². The predicted molar refractivity (Wildman–Crippen MR) is 89.9 cm³/mol. The van der Waals surface area contributed by atoms with Crippen molar-refractivity contribution in [2.24, 2.45) is 5.73 Å². The van der Waals surface area contributed by atoms with Gasteiger partial charge in [0.25, 0.3) is 5.91 Å². The molecule has 21 heavy (non-hydrogen) atoms. The molecule has 1 amide bonds. The van der Waals surface area contributed by atoms with E-state index in [4.69, 9.17) is 10.5 Å². The van der Waals surface area contributed by atoms with Crippen LogP contribution in [0.15, 0.2) is 28.7 Å². The van der Waals surface area contributed by atoms with E-state index in [0.717, 1.165) is 30.3 Å². The standard InChI is InChI=1S/C15H21BrN2O2.ClH/c1-11(20-14-7-5-12(16)6-8-14)15(19)18-9-3-2-4-13(18)10-17;/h5-8,11,13H,2-4,9-10,17H2,1H3;1H. The number of benzene rings is 1. The molecule has 2 rings (SSSR count). The Morgan fingerprint density at radius 3 is 2.71 bits per heavy atom. The number of carbonyl (C=O) groups is 1. The van der Waals surface area contributed by atoms with Crippen LogP contribution < -0.4 is 10.5 Å². The van der Waals surface area contributed by atoms with Gasteiger partial charge in [-0.25, -0.2) is 0 Å². The van der Waals surface area contributed by atoms with Gasteiger partial charge in [-0.1, -0.05) is 15.9 Å². The number of hydrogen-bond donors (Lipinski definition) is 1. The number of nitrogens with zero attached hydrogens (tertiary/aromatic N) is 1. The Balaban J connectivity index is 0.00000220. The zero-order valence-corrected chi connectivity index (χ0v) is 14.5. The van der Waals surface area contributed by atoms with Crippen molar-refractivity contribution >= 4 is 34.2 Å². The van der Waals surface area contributed by atoms with Crippen LogP contribution in [0, 0.1) is 0 Å². The van der Waals surface area contributed by atoms with E-state index < -0.39 is 6.10 Å². The SMILES string of the molecule is CC(Oc1ccc(Br)cc1)C(=O)N1CCCCC1CN.Cl. The Bertz CT molecular complexity index is 455. The Labute approximate surface area is 140 Å². The van der Waals surface area contributed by atoms with Crippen molar-refractivity contribution in [3.63, 3.8) is 0 Å². The first kappa shape index (κ1) is 18.3. The van der Waals surface area contributed by atoms with Crippen LogP contribution in [-0.4, -0.2) is 36.0 Å². The Hall–Kier alpha value is -0.780. The highest BCUT2D eigenvalue weighted by atomic mass is 79.9. The quantitative estimate of drug-likeness (QED) is 0.877. The fourth-order valence-corrected chi connectivity index (χ4v) is 2.80. The molecule has 1 fully saturated rings. The van der Waals surface area contributed by atoms with Crippen molar-refractivity contribution in [2.45, 2.75) is 38.3 Å². The second-order valence-electron chi connectivity index (χ2n) is 5.13. The maximum absolute atomic E-state index is 12.5. The van der Waals surface area contributed by atoms with Gasteiger partial charge >= 0.3 is 0 Å². The van der Waals surface area contributed by atoms with Crippen molar-refractivity contribution in [1.82, 2.24) is 4.90 Å². The highest BCUT2D eigenvalue weighted by molar-refractivity contribution is 9.10. The molecule has 2 atom stereocenters. The average molecular weight is 378 g/mol. The van der Waals surface area contributed by atoms with E-state index in [1.54, 1.807) is 6.92 Å². The molecule has 4 nitrogen and oxygen atoms in total. The van der Waals surface area contributed by atoms with Gasteiger partial charge in [0.1, 0.15) is 5.75 Å². The summed E-state index contributed by atoms with van der Waals surface area (Å²) in [5.41, 5.74) is 5.76. The van der Waals surface area contributed by atoms with Gasteiger partial charge in [-0.2, -0.15) is 0 Å². The second kappa shape index (κ2) is 8.61. The lowest BCUT2D eigenvalue weighted by molar-refractivity contribution is -0.141. The molecule has 1 aliphatic heterocycles. The van der Waals surface area contributed by atoms with E-state index in [1.807, 2.05) is 29.2 Å². The third-order valence-corrected chi connectivity index (χ3v) is 4.19. The molecule has 0 bridgehead atoms. The van der Waals surface area contributed by atoms with E-state index in [9.17, 15) is 4.79 Å². The monoisotopic (exact) mass is 376 g/mol. The van der Waals surface area contributed by atoms with E-state index in [0.29, 0.717) is 12.3 Å². The summed E-state index contributed by atoms with van der Waals surface area (Å²) in [4.78, 5) is 14.4. The summed E-state index contributed by atoms with van der Waals surface area (Å²) in [5, 5.41) is 0. The van der Waals surface area contributed by atoms with Crippen LogP contribution in [0.3, 0.4) is 0 Å². The molecule has 2 unspecified atom stereocenters. The molecule has 0 spiro atoms. The zero-order chi connectivity index (χ0) is 14.5. The van der Waals surface area contributed by atoms with Crippen LogP contribution >= 0.6 is 28.3 Å². The number of halogens is 2. The molecule has 1 aromatic carbocycles. The molecule has 2 N–H and O–H groups in total. The highest BCUT2D eigenvalue weighted by Crippen LogP contribution is 2.20. The Kier molecular flexibility index (Phi) is 7.49. The lowest BCUT2D eigenvalue weighted by Crippen LogP contribution is -2.51. The van der Waals surface area contributed by atoms with Crippen molar-refractivity contribution in [3.05, 3.63) is 28.7 Å². The number of rotatable bonds is 4. The molecule has 0 aliphatic carbocycles. The number of hydrogen-bond acceptors (Lipinski definition) is 3. The molecule has 0 aromatic heterocycles. The molecular formula is C15H22BrClN2O2. The van der Waals surface area contributed by atoms with Crippen LogP contribution in [-0.2, 0) is 4.79 Å². The third kappa shape index (κ3) is 4.87. The molecule has 0 radical (unpaired) electrons. The van der Waals surface area contributed by atoms with Crippen LogP contribution in [0.5, 0.6) is 5.75 Å². The van der Waals surface area contributed by atoms with Gasteiger partial charge in [-0.3, -0.25) is 4.79 Å². The first-order valence-electron chi connectivity index (χ1n) is 7.04. The fourth-order valence-electron chi connectivity index (χ4n) is 2.54. The molecule has 6 heteroatoms. The molecule has 1 aliphatic rings. The number of nitrogens with two attached hydrogens (primary N) is 1. The maximum Gasteiger partial charge on any atom is 0.263 e. The summed E-state index contributed by atoms with van der Waals surface area (Å²) in [5.74, 6) is 0.735. The van der Waals surface area contributed by atoms with Gasteiger partial charge in [0.2, 0.25) is 0 Å². The van der Waals surface area contributed by atoms with Gasteiger partial charge in [0.15, 0.2) is 6.10 Å². The number of piperidine rings is 1. The molecule has 0 saturated carbocycles. The zero-order valence-electron chi connectivity index (χ0n) is 12.1. The molecule has 1 aromatic rings. The minimum Gasteiger partial charge on any atom is -0.481 e. The Morgan fingerprint density at radius 1 is 1.43 bits per heavy atom. The second-order valence-corrected chi connectivity index (χ2v) is 6.05. The van der Waals surface area contributed by atoms with Gasteiger partial charge < -0.3 is 15.4 Å². The smallest absolute Gasteiger partial charge is 0.263 e. The van der Waals surface area contributed by atoms with Gasteiger partial charge in [0, 0.05) is 23.6 Å². The van der Waals surface area contributed by atoms with Gasteiger partial charge in [-0.05, 0) is 50.5 Å². The van der Waals surface area contributed by atoms with E-state index in [-0.39, 0.29) is 24.4 Å². The van der Waals surface area contributed by atoms with Crippen molar-refractivity contribution in [3.8, 4) is 5.75 Å². The summed E-state index contributed by atoms with van der Waals surface area (Å²) < 4.78 is 6.71. The highest BCUT2D eigenvalue weighted by Gasteiger charge is 2.29. The normalized spacial score (nSPS) is 19.6. The number of ether oxygens (including phenoxy) is 1. The maximum atomic E-state index is 12.5. The first-order chi connectivity index (χ1) is 9.61. The van der Waals surface area contributed by atoms with E-state index in [2.05, 4.69) is 15.9 Å². The Morgan fingerprint density at radius 2 is 2.10 bits per heavy atom. The number of amides is 1. The minimum atomic E-state index is -0.483. The van der Waals surface area contributed by atoms with Crippen LogP contribution in [0.1, 0.15) is 26.2 Å². The van der Waals surface area contributed by atoms with Crippen LogP contribution in [0.4, 0.5) is 0 Å².